The van der Waals surface area contributed by atoms with Crippen LogP contribution >= 0.6 is 0 Å². The Labute approximate surface area is 165 Å². The first-order valence-corrected chi connectivity index (χ1v) is 10.3. The lowest BCUT2D eigenvalue weighted by Crippen LogP contribution is -2.51. The smallest absolute Gasteiger partial charge is 0.270 e. The molecule has 150 valence electrons. The largest absolute Gasteiger partial charge is 0.383 e. The van der Waals surface area contributed by atoms with E-state index in [0.29, 0.717) is 31.9 Å². The SMILES string of the molecule is CCc1c(C(=O)N2CC[C@@]3(CCCN(CCOC)C3=O)C2)[nH]c2ccccc12. The molecule has 4 rings (SSSR count). The number of benzene rings is 1. The summed E-state index contributed by atoms with van der Waals surface area (Å²) in [6, 6.07) is 8.05. The lowest BCUT2D eigenvalue weighted by molar-refractivity contribution is -0.146. The van der Waals surface area contributed by atoms with E-state index in [9.17, 15) is 9.59 Å². The lowest BCUT2D eigenvalue weighted by atomic mass is 9.78. The van der Waals surface area contributed by atoms with E-state index in [-0.39, 0.29) is 11.8 Å². The summed E-state index contributed by atoms with van der Waals surface area (Å²) >= 11 is 0. The zero-order valence-corrected chi connectivity index (χ0v) is 16.8. The van der Waals surface area contributed by atoms with Gasteiger partial charge in [-0.25, -0.2) is 0 Å². The second kappa shape index (κ2) is 7.59. The third kappa shape index (κ3) is 3.09. The molecule has 6 nitrogen and oxygen atoms in total. The average molecular weight is 383 g/mol. The van der Waals surface area contributed by atoms with Gasteiger partial charge in [0.25, 0.3) is 5.91 Å². The number of hydrogen-bond donors (Lipinski definition) is 1. The van der Waals surface area contributed by atoms with Crippen molar-refractivity contribution in [2.24, 2.45) is 5.41 Å². The van der Waals surface area contributed by atoms with Gasteiger partial charge >= 0.3 is 0 Å². The highest BCUT2D eigenvalue weighted by Crippen LogP contribution is 2.40. The minimum absolute atomic E-state index is 0.0201. The molecule has 3 heterocycles. The minimum Gasteiger partial charge on any atom is -0.383 e. The number of carbonyl (C=O) groups is 2. The van der Waals surface area contributed by atoms with Crippen molar-refractivity contribution in [2.75, 3.05) is 39.9 Å². The standard InChI is InChI=1S/C22H29N3O3/c1-3-16-17-7-4-5-8-18(17)23-19(16)20(26)25-12-10-22(15-25)9-6-11-24(21(22)27)13-14-28-2/h4-5,7-8,23H,3,6,9-15H2,1-2H3/t22-/m0/s1. The quantitative estimate of drug-likeness (QED) is 0.863. The van der Waals surface area contributed by atoms with E-state index in [1.807, 2.05) is 28.0 Å². The fraction of sp³-hybridized carbons (Fsp3) is 0.545. The molecule has 28 heavy (non-hydrogen) atoms. The summed E-state index contributed by atoms with van der Waals surface area (Å²) in [6.45, 7) is 5.22. The van der Waals surface area contributed by atoms with Gasteiger partial charge in [0.05, 0.1) is 12.0 Å². The molecule has 1 atom stereocenters. The summed E-state index contributed by atoms with van der Waals surface area (Å²) in [5.74, 6) is 0.213. The predicted octanol–water partition coefficient (Wildman–Crippen LogP) is 2.83. The Morgan fingerprint density at radius 1 is 1.25 bits per heavy atom. The van der Waals surface area contributed by atoms with E-state index in [0.717, 1.165) is 48.7 Å². The number of aromatic nitrogens is 1. The van der Waals surface area contributed by atoms with Gasteiger partial charge in [0, 0.05) is 44.2 Å². The minimum atomic E-state index is -0.417. The number of fused-ring (bicyclic) bond motifs is 1. The van der Waals surface area contributed by atoms with Crippen LogP contribution < -0.4 is 0 Å². The fourth-order valence-corrected chi connectivity index (χ4v) is 4.90. The van der Waals surface area contributed by atoms with Crippen LogP contribution in [0.3, 0.4) is 0 Å². The number of nitrogens with zero attached hydrogens (tertiary/aromatic N) is 2. The van der Waals surface area contributed by atoms with Gasteiger partial charge in [-0.3, -0.25) is 9.59 Å². The molecule has 1 aromatic carbocycles. The molecule has 2 amide bonds. The molecule has 0 bridgehead atoms. The summed E-state index contributed by atoms with van der Waals surface area (Å²) in [6.07, 6.45) is 3.41. The summed E-state index contributed by atoms with van der Waals surface area (Å²) in [5.41, 5.74) is 2.33. The van der Waals surface area contributed by atoms with Crippen molar-refractivity contribution in [1.29, 1.82) is 0 Å². The van der Waals surface area contributed by atoms with E-state index in [4.69, 9.17) is 4.74 Å². The Bertz CT molecular complexity index is 890. The van der Waals surface area contributed by atoms with Gasteiger partial charge in [-0.2, -0.15) is 0 Å². The number of aromatic amines is 1. The van der Waals surface area contributed by atoms with Crippen LogP contribution in [-0.2, 0) is 16.0 Å². The van der Waals surface area contributed by atoms with Crippen LogP contribution in [0.5, 0.6) is 0 Å². The Hall–Kier alpha value is -2.34. The monoisotopic (exact) mass is 383 g/mol. The topological polar surface area (TPSA) is 65.6 Å². The highest BCUT2D eigenvalue weighted by Gasteiger charge is 2.49. The molecule has 6 heteroatoms. The second-order valence-corrected chi connectivity index (χ2v) is 8.02. The number of hydrogen-bond acceptors (Lipinski definition) is 3. The second-order valence-electron chi connectivity index (χ2n) is 8.02. The van der Waals surface area contributed by atoms with Gasteiger partial charge < -0.3 is 19.5 Å². The number of rotatable bonds is 5. The zero-order valence-electron chi connectivity index (χ0n) is 16.8. The Balaban J connectivity index is 1.56. The zero-order chi connectivity index (χ0) is 19.7. The number of amides is 2. The summed E-state index contributed by atoms with van der Waals surface area (Å²) < 4.78 is 5.15. The van der Waals surface area contributed by atoms with Crippen molar-refractivity contribution in [3.05, 3.63) is 35.5 Å². The van der Waals surface area contributed by atoms with Crippen molar-refractivity contribution < 1.29 is 14.3 Å². The highest BCUT2D eigenvalue weighted by atomic mass is 16.5. The van der Waals surface area contributed by atoms with Crippen LogP contribution in [0.2, 0.25) is 0 Å². The van der Waals surface area contributed by atoms with Gasteiger partial charge in [-0.1, -0.05) is 25.1 Å². The number of carbonyl (C=O) groups excluding carboxylic acids is 2. The molecule has 0 radical (unpaired) electrons. The molecule has 1 aromatic heterocycles. The molecule has 2 fully saturated rings. The first-order chi connectivity index (χ1) is 13.6. The van der Waals surface area contributed by atoms with Gasteiger partial charge in [-0.05, 0) is 37.3 Å². The Kier molecular flexibility index (Phi) is 5.15. The van der Waals surface area contributed by atoms with E-state index in [2.05, 4.69) is 18.0 Å². The van der Waals surface area contributed by atoms with Crippen molar-refractivity contribution in [1.82, 2.24) is 14.8 Å². The van der Waals surface area contributed by atoms with Crippen molar-refractivity contribution >= 4 is 22.7 Å². The van der Waals surface area contributed by atoms with Gasteiger partial charge in [0.1, 0.15) is 5.69 Å². The number of H-pyrrole nitrogens is 1. The molecule has 2 aliphatic rings. The average Bonchev–Trinajstić information content (AvgIpc) is 3.31. The first kappa shape index (κ1) is 19.0. The van der Waals surface area contributed by atoms with Crippen LogP contribution in [0.4, 0.5) is 0 Å². The van der Waals surface area contributed by atoms with E-state index in [1.54, 1.807) is 7.11 Å². The normalized spacial score (nSPS) is 22.6. The number of nitrogens with one attached hydrogen (secondary N) is 1. The summed E-state index contributed by atoms with van der Waals surface area (Å²) in [4.78, 5) is 33.6. The maximum atomic E-state index is 13.3. The van der Waals surface area contributed by atoms with Gasteiger partial charge in [0.2, 0.25) is 5.91 Å². The number of likely N-dealkylation sites (tertiary alicyclic amines) is 2. The van der Waals surface area contributed by atoms with Crippen LogP contribution in [0, 0.1) is 5.41 Å². The number of aryl methyl sites for hydroxylation is 1. The number of methoxy groups -OCH3 is 1. The molecule has 1 N–H and O–H groups in total. The molecular formula is C22H29N3O3. The van der Waals surface area contributed by atoms with Crippen molar-refractivity contribution in [2.45, 2.75) is 32.6 Å². The van der Waals surface area contributed by atoms with Crippen LogP contribution in [0.25, 0.3) is 10.9 Å². The maximum absolute atomic E-state index is 13.3. The van der Waals surface area contributed by atoms with E-state index in [1.165, 1.54) is 0 Å². The number of ether oxygens (including phenoxy) is 1. The molecule has 1 spiro atoms. The van der Waals surface area contributed by atoms with Crippen LogP contribution in [0.1, 0.15) is 42.2 Å². The Morgan fingerprint density at radius 3 is 2.86 bits per heavy atom. The molecular weight excluding hydrogens is 354 g/mol. The third-order valence-corrected chi connectivity index (χ3v) is 6.41. The fourth-order valence-electron chi connectivity index (χ4n) is 4.90. The summed E-state index contributed by atoms with van der Waals surface area (Å²) in [7, 11) is 1.66. The van der Waals surface area contributed by atoms with Gasteiger partial charge in [-0.15, -0.1) is 0 Å². The van der Waals surface area contributed by atoms with Crippen molar-refractivity contribution in [3.63, 3.8) is 0 Å². The van der Waals surface area contributed by atoms with E-state index < -0.39 is 5.41 Å². The molecule has 2 saturated heterocycles. The lowest BCUT2D eigenvalue weighted by Gasteiger charge is -2.39. The summed E-state index contributed by atoms with van der Waals surface area (Å²) in [5, 5.41) is 1.11. The molecule has 0 saturated carbocycles. The third-order valence-electron chi connectivity index (χ3n) is 6.41. The first-order valence-electron chi connectivity index (χ1n) is 10.3. The predicted molar refractivity (Wildman–Crippen MR) is 108 cm³/mol. The number of piperidine rings is 1. The molecule has 0 unspecified atom stereocenters. The maximum Gasteiger partial charge on any atom is 0.270 e. The van der Waals surface area contributed by atoms with Crippen LogP contribution in [0.15, 0.2) is 24.3 Å². The molecule has 2 aromatic rings. The van der Waals surface area contributed by atoms with Gasteiger partial charge in [0.15, 0.2) is 0 Å². The molecule has 2 aliphatic heterocycles. The highest BCUT2D eigenvalue weighted by molar-refractivity contribution is 6.01. The Morgan fingerprint density at radius 2 is 2.07 bits per heavy atom. The van der Waals surface area contributed by atoms with Crippen molar-refractivity contribution in [3.8, 4) is 0 Å². The van der Waals surface area contributed by atoms with Crippen LogP contribution in [-0.4, -0.2) is 66.5 Å². The number of para-hydroxylation sites is 1. The molecule has 0 aliphatic carbocycles. The van der Waals surface area contributed by atoms with E-state index >= 15 is 0 Å².